The first kappa shape index (κ1) is 13.0. The van der Waals surface area contributed by atoms with Crippen LogP contribution < -0.4 is 4.90 Å². The van der Waals surface area contributed by atoms with Crippen LogP contribution in [-0.4, -0.2) is 29.3 Å². The van der Waals surface area contributed by atoms with Crippen molar-refractivity contribution in [3.05, 3.63) is 27.9 Å². The highest BCUT2D eigenvalue weighted by Gasteiger charge is 2.26. The Kier molecular flexibility index (Phi) is 3.71. The van der Waals surface area contributed by atoms with Gasteiger partial charge in [-0.15, -0.1) is 0 Å². The topological polar surface area (TPSA) is 100 Å². The first-order chi connectivity index (χ1) is 9.15. The minimum absolute atomic E-state index is 0.120. The van der Waals surface area contributed by atoms with Gasteiger partial charge in [-0.05, 0) is 12.8 Å². The fourth-order valence-corrected chi connectivity index (χ4v) is 2.20. The van der Waals surface area contributed by atoms with E-state index in [-0.39, 0.29) is 23.0 Å². The first-order valence-corrected chi connectivity index (χ1v) is 5.90. The highest BCUT2D eigenvalue weighted by atomic mass is 16.6. The Balaban J connectivity index is 2.36. The molecule has 0 N–H and O–H groups in total. The summed E-state index contributed by atoms with van der Waals surface area (Å²) in [6.45, 7) is 1.06. The molecule has 1 fully saturated rings. The molecule has 1 saturated heterocycles. The second kappa shape index (κ2) is 5.44. The third kappa shape index (κ3) is 2.68. The van der Waals surface area contributed by atoms with Crippen LogP contribution in [0.3, 0.4) is 0 Å². The summed E-state index contributed by atoms with van der Waals surface area (Å²) in [6, 6.07) is 3.05. The normalized spacial score (nSPS) is 18.7. The molecular formula is C12H12N4O3. The number of nitriles is 1. The van der Waals surface area contributed by atoms with E-state index in [1.165, 1.54) is 12.3 Å². The number of piperidine rings is 1. The van der Waals surface area contributed by atoms with Crippen molar-refractivity contribution in [2.75, 3.05) is 18.0 Å². The summed E-state index contributed by atoms with van der Waals surface area (Å²) in [4.78, 5) is 27.1. The standard InChI is InChI=1S/C12H12N4O3/c13-5-10-4-11(16(18)19)12(14-6-10)15-3-1-2-9(7-15)8-17/h4,6,8-9H,1-3,7H2. The van der Waals surface area contributed by atoms with Crippen molar-refractivity contribution >= 4 is 17.8 Å². The maximum atomic E-state index is 11.0. The molecule has 0 radical (unpaired) electrons. The number of carbonyl (C=O) groups is 1. The van der Waals surface area contributed by atoms with Gasteiger partial charge in [-0.2, -0.15) is 5.26 Å². The summed E-state index contributed by atoms with van der Waals surface area (Å²) in [5.41, 5.74) is -0.0370. The van der Waals surface area contributed by atoms with Crippen LogP contribution in [0.25, 0.3) is 0 Å². The molecule has 1 aliphatic rings. The van der Waals surface area contributed by atoms with Crippen LogP contribution in [0.1, 0.15) is 18.4 Å². The predicted molar refractivity (Wildman–Crippen MR) is 66.6 cm³/mol. The largest absolute Gasteiger partial charge is 0.350 e. The highest BCUT2D eigenvalue weighted by molar-refractivity contribution is 5.62. The van der Waals surface area contributed by atoms with Crippen LogP contribution in [0.2, 0.25) is 0 Å². The van der Waals surface area contributed by atoms with Gasteiger partial charge in [0.05, 0.1) is 10.5 Å². The molecule has 19 heavy (non-hydrogen) atoms. The van der Waals surface area contributed by atoms with Crippen LogP contribution >= 0.6 is 0 Å². The van der Waals surface area contributed by atoms with E-state index in [0.717, 1.165) is 19.1 Å². The highest BCUT2D eigenvalue weighted by Crippen LogP contribution is 2.29. The maximum Gasteiger partial charge on any atom is 0.312 e. The number of hydrogen-bond donors (Lipinski definition) is 0. The van der Waals surface area contributed by atoms with Crippen molar-refractivity contribution in [3.63, 3.8) is 0 Å². The first-order valence-electron chi connectivity index (χ1n) is 5.90. The van der Waals surface area contributed by atoms with Crippen molar-refractivity contribution in [1.82, 2.24) is 4.98 Å². The van der Waals surface area contributed by atoms with Gasteiger partial charge in [0.2, 0.25) is 5.82 Å². The number of nitrogens with zero attached hydrogens (tertiary/aromatic N) is 4. The van der Waals surface area contributed by atoms with Crippen molar-refractivity contribution < 1.29 is 9.72 Å². The van der Waals surface area contributed by atoms with E-state index < -0.39 is 4.92 Å². The summed E-state index contributed by atoms with van der Waals surface area (Å²) < 4.78 is 0. The van der Waals surface area contributed by atoms with Gasteiger partial charge in [0.1, 0.15) is 12.4 Å². The lowest BCUT2D eigenvalue weighted by Gasteiger charge is -2.30. The molecular weight excluding hydrogens is 248 g/mol. The number of carbonyl (C=O) groups excluding carboxylic acids is 1. The number of aromatic nitrogens is 1. The molecule has 0 bridgehead atoms. The van der Waals surface area contributed by atoms with Gasteiger partial charge >= 0.3 is 5.69 Å². The molecule has 1 atom stereocenters. The zero-order valence-corrected chi connectivity index (χ0v) is 10.2. The average molecular weight is 260 g/mol. The number of anilines is 1. The van der Waals surface area contributed by atoms with E-state index in [1.54, 1.807) is 4.90 Å². The van der Waals surface area contributed by atoms with Crippen LogP contribution in [-0.2, 0) is 4.79 Å². The van der Waals surface area contributed by atoms with Gasteiger partial charge in [0.25, 0.3) is 0 Å². The number of aldehydes is 1. The third-order valence-corrected chi connectivity index (χ3v) is 3.12. The zero-order valence-electron chi connectivity index (χ0n) is 10.2. The summed E-state index contributed by atoms with van der Waals surface area (Å²) in [5.74, 6) is 0.112. The smallest absolute Gasteiger partial charge is 0.312 e. The summed E-state index contributed by atoms with van der Waals surface area (Å²) >= 11 is 0. The molecule has 7 nitrogen and oxygen atoms in total. The van der Waals surface area contributed by atoms with E-state index in [2.05, 4.69) is 4.98 Å². The molecule has 0 aromatic carbocycles. The number of hydrogen-bond acceptors (Lipinski definition) is 6. The summed E-state index contributed by atoms with van der Waals surface area (Å²) in [7, 11) is 0. The maximum absolute atomic E-state index is 11.0. The minimum Gasteiger partial charge on any atom is -0.350 e. The summed E-state index contributed by atoms with van der Waals surface area (Å²) in [5, 5.41) is 19.8. The van der Waals surface area contributed by atoms with Gasteiger partial charge in [0.15, 0.2) is 0 Å². The molecule has 0 spiro atoms. The molecule has 98 valence electrons. The van der Waals surface area contributed by atoms with Gasteiger partial charge in [0, 0.05) is 31.3 Å². The van der Waals surface area contributed by atoms with Crippen molar-refractivity contribution in [3.8, 4) is 6.07 Å². The number of pyridine rings is 1. The van der Waals surface area contributed by atoms with E-state index >= 15 is 0 Å². The van der Waals surface area contributed by atoms with Crippen LogP contribution in [0.5, 0.6) is 0 Å². The molecule has 2 rings (SSSR count). The molecule has 0 saturated carbocycles. The lowest BCUT2D eigenvalue weighted by Crippen LogP contribution is -2.36. The van der Waals surface area contributed by atoms with E-state index in [9.17, 15) is 14.9 Å². The SMILES string of the molecule is N#Cc1cnc(N2CCCC(C=O)C2)c([N+](=O)[O-])c1. The Bertz CT molecular complexity index is 552. The van der Waals surface area contributed by atoms with Crippen molar-refractivity contribution in [2.24, 2.45) is 5.92 Å². The lowest BCUT2D eigenvalue weighted by atomic mass is 9.99. The Morgan fingerprint density at radius 2 is 2.42 bits per heavy atom. The molecule has 7 heteroatoms. The molecule has 1 aromatic rings. The fourth-order valence-electron chi connectivity index (χ4n) is 2.20. The molecule has 1 aromatic heterocycles. The average Bonchev–Trinajstić information content (AvgIpc) is 2.46. The monoisotopic (exact) mass is 260 g/mol. The van der Waals surface area contributed by atoms with E-state index in [1.807, 2.05) is 6.07 Å². The molecule has 1 unspecified atom stereocenters. The number of nitro groups is 1. The summed E-state index contributed by atoms with van der Waals surface area (Å²) in [6.07, 6.45) is 3.78. The lowest BCUT2D eigenvalue weighted by molar-refractivity contribution is -0.384. The van der Waals surface area contributed by atoms with Crippen molar-refractivity contribution in [1.29, 1.82) is 5.26 Å². The molecule has 2 heterocycles. The molecule has 0 aliphatic carbocycles. The second-order valence-corrected chi connectivity index (χ2v) is 4.42. The van der Waals surface area contributed by atoms with E-state index in [0.29, 0.717) is 13.1 Å². The Labute approximate surface area is 109 Å². The van der Waals surface area contributed by atoms with E-state index in [4.69, 9.17) is 5.26 Å². The third-order valence-electron chi connectivity index (χ3n) is 3.12. The quantitative estimate of drug-likeness (QED) is 0.461. The van der Waals surface area contributed by atoms with Crippen LogP contribution in [0, 0.1) is 27.4 Å². The predicted octanol–water partition coefficient (Wildman–Crippen LogP) is 1.28. The van der Waals surface area contributed by atoms with Gasteiger partial charge in [-0.3, -0.25) is 10.1 Å². The second-order valence-electron chi connectivity index (χ2n) is 4.42. The number of rotatable bonds is 3. The molecule has 0 amide bonds. The Morgan fingerprint density at radius 3 is 3.05 bits per heavy atom. The minimum atomic E-state index is -0.548. The van der Waals surface area contributed by atoms with Gasteiger partial charge in [-0.25, -0.2) is 4.98 Å². The van der Waals surface area contributed by atoms with Crippen LogP contribution in [0.4, 0.5) is 11.5 Å². The zero-order chi connectivity index (χ0) is 13.8. The van der Waals surface area contributed by atoms with Gasteiger partial charge < -0.3 is 9.69 Å². The Hall–Kier alpha value is -2.49. The van der Waals surface area contributed by atoms with Crippen LogP contribution in [0.15, 0.2) is 12.3 Å². The molecule has 1 aliphatic heterocycles. The van der Waals surface area contributed by atoms with Crippen molar-refractivity contribution in [2.45, 2.75) is 12.8 Å². The van der Waals surface area contributed by atoms with Gasteiger partial charge in [-0.1, -0.05) is 0 Å². The Morgan fingerprint density at radius 1 is 1.63 bits per heavy atom. The fraction of sp³-hybridized carbons (Fsp3) is 0.417.